The minimum Gasteiger partial charge on any atom is -0.469 e. The summed E-state index contributed by atoms with van der Waals surface area (Å²) in [5, 5.41) is 3.45. The average molecular weight is 349 g/mol. The molecule has 1 N–H and O–H groups in total. The zero-order valence-electron chi connectivity index (χ0n) is 15.3. The second-order valence-electron chi connectivity index (χ2n) is 7.00. The summed E-state index contributed by atoms with van der Waals surface area (Å²) in [4.78, 5) is 6.91. The molecule has 25 heavy (non-hydrogen) atoms. The third-order valence-electron chi connectivity index (χ3n) is 4.69. The molecule has 1 atom stereocenters. The smallest absolute Gasteiger partial charge is 0.193 e. The molecule has 0 aromatic carbocycles. The molecule has 1 saturated carbocycles. The fourth-order valence-electron chi connectivity index (χ4n) is 2.88. The van der Waals surface area contributed by atoms with Gasteiger partial charge in [0, 0.05) is 39.8 Å². The fourth-order valence-corrected chi connectivity index (χ4v) is 2.88. The first-order chi connectivity index (χ1) is 12.3. The van der Waals surface area contributed by atoms with Crippen molar-refractivity contribution in [2.75, 3.05) is 46.5 Å². The second kappa shape index (κ2) is 9.82. The van der Waals surface area contributed by atoms with E-state index < -0.39 is 0 Å². The van der Waals surface area contributed by atoms with E-state index in [0.29, 0.717) is 0 Å². The van der Waals surface area contributed by atoms with Gasteiger partial charge in [-0.1, -0.05) is 0 Å². The summed E-state index contributed by atoms with van der Waals surface area (Å²) in [7, 11) is 2.06. The lowest BCUT2D eigenvalue weighted by Crippen LogP contribution is -2.42. The Balaban J connectivity index is 1.43. The Morgan fingerprint density at radius 2 is 2.32 bits per heavy atom. The summed E-state index contributed by atoms with van der Waals surface area (Å²) in [6, 6.07) is 3.92. The topological polar surface area (TPSA) is 59.2 Å². The highest BCUT2D eigenvalue weighted by atomic mass is 16.5. The number of hydrogen-bond acceptors (Lipinski definition) is 4. The summed E-state index contributed by atoms with van der Waals surface area (Å²) in [6.45, 7) is 4.87. The van der Waals surface area contributed by atoms with Crippen LogP contribution in [0.2, 0.25) is 0 Å². The van der Waals surface area contributed by atoms with Crippen molar-refractivity contribution in [3.63, 3.8) is 0 Å². The van der Waals surface area contributed by atoms with Gasteiger partial charge < -0.3 is 24.1 Å². The molecular formula is C19H31N3O3. The molecule has 0 radical (unpaired) electrons. The number of furan rings is 1. The molecule has 1 aliphatic carbocycles. The molecular weight excluding hydrogens is 318 g/mol. The van der Waals surface area contributed by atoms with Gasteiger partial charge in [-0.3, -0.25) is 4.99 Å². The Hall–Kier alpha value is -1.53. The lowest BCUT2D eigenvalue weighted by atomic mass is 10.2. The zero-order valence-corrected chi connectivity index (χ0v) is 15.3. The van der Waals surface area contributed by atoms with Crippen LogP contribution in [0, 0.1) is 5.92 Å². The molecule has 1 aromatic heterocycles. The number of nitrogens with zero attached hydrogens (tertiary/aromatic N) is 2. The van der Waals surface area contributed by atoms with E-state index in [4.69, 9.17) is 18.9 Å². The van der Waals surface area contributed by atoms with E-state index in [1.54, 1.807) is 6.26 Å². The number of rotatable bonds is 10. The van der Waals surface area contributed by atoms with Crippen molar-refractivity contribution in [3.8, 4) is 0 Å². The maximum absolute atomic E-state index is 5.76. The highest BCUT2D eigenvalue weighted by Crippen LogP contribution is 2.28. The van der Waals surface area contributed by atoms with Crippen LogP contribution in [0.1, 0.15) is 31.4 Å². The SMILES string of the molecule is CN(CCOCC1CC1)C(=NCC1CCCO1)NCCc1ccco1. The third kappa shape index (κ3) is 6.71. The molecule has 1 aromatic rings. The van der Waals surface area contributed by atoms with Crippen LogP contribution in [0.3, 0.4) is 0 Å². The van der Waals surface area contributed by atoms with Gasteiger partial charge in [0.2, 0.25) is 0 Å². The van der Waals surface area contributed by atoms with Gasteiger partial charge >= 0.3 is 0 Å². The van der Waals surface area contributed by atoms with Crippen molar-refractivity contribution in [3.05, 3.63) is 24.2 Å². The van der Waals surface area contributed by atoms with Gasteiger partial charge in [-0.25, -0.2) is 0 Å². The van der Waals surface area contributed by atoms with E-state index in [2.05, 4.69) is 17.3 Å². The number of nitrogens with one attached hydrogen (secondary N) is 1. The molecule has 1 aliphatic heterocycles. The highest BCUT2D eigenvalue weighted by Gasteiger charge is 2.21. The van der Waals surface area contributed by atoms with Crippen LogP contribution < -0.4 is 5.32 Å². The van der Waals surface area contributed by atoms with E-state index in [0.717, 1.165) is 76.4 Å². The van der Waals surface area contributed by atoms with Crippen molar-refractivity contribution in [2.24, 2.45) is 10.9 Å². The van der Waals surface area contributed by atoms with Crippen LogP contribution in [-0.4, -0.2) is 63.5 Å². The van der Waals surface area contributed by atoms with Gasteiger partial charge in [0.05, 0.1) is 25.5 Å². The van der Waals surface area contributed by atoms with E-state index >= 15 is 0 Å². The van der Waals surface area contributed by atoms with Gasteiger partial charge in [-0.2, -0.15) is 0 Å². The Labute approximate surface area is 150 Å². The number of ether oxygens (including phenoxy) is 2. The van der Waals surface area contributed by atoms with Crippen LogP contribution in [0.25, 0.3) is 0 Å². The standard InChI is InChI=1S/C19H31N3O3/c1-22(10-13-23-15-16-6-7-16)19(21-14-18-5-3-12-25-18)20-9-8-17-4-2-11-24-17/h2,4,11,16,18H,3,5-10,12-15H2,1H3,(H,20,21). The first kappa shape index (κ1) is 18.3. The van der Waals surface area contributed by atoms with Crippen LogP contribution in [-0.2, 0) is 15.9 Å². The second-order valence-corrected chi connectivity index (χ2v) is 7.00. The predicted molar refractivity (Wildman–Crippen MR) is 97.9 cm³/mol. The molecule has 1 saturated heterocycles. The van der Waals surface area contributed by atoms with Crippen LogP contribution in [0.5, 0.6) is 0 Å². The Bertz CT molecular complexity index is 508. The van der Waals surface area contributed by atoms with Gasteiger partial charge in [-0.05, 0) is 43.7 Å². The molecule has 0 spiro atoms. The van der Waals surface area contributed by atoms with Crippen LogP contribution in [0.15, 0.2) is 27.8 Å². The molecule has 1 unspecified atom stereocenters. The van der Waals surface area contributed by atoms with Crippen molar-refractivity contribution in [2.45, 2.75) is 38.2 Å². The number of hydrogen-bond donors (Lipinski definition) is 1. The summed E-state index contributed by atoms with van der Waals surface area (Å²) < 4.78 is 16.8. The Kier molecular flexibility index (Phi) is 7.18. The third-order valence-corrected chi connectivity index (χ3v) is 4.69. The molecule has 0 bridgehead atoms. The number of likely N-dealkylation sites (N-methyl/N-ethyl adjacent to an activating group) is 1. The first-order valence-corrected chi connectivity index (χ1v) is 9.52. The Morgan fingerprint density at radius 3 is 3.04 bits per heavy atom. The largest absolute Gasteiger partial charge is 0.469 e. The van der Waals surface area contributed by atoms with Crippen molar-refractivity contribution in [1.29, 1.82) is 0 Å². The lowest BCUT2D eigenvalue weighted by Gasteiger charge is -2.23. The quantitative estimate of drug-likeness (QED) is 0.399. The Morgan fingerprint density at radius 1 is 1.40 bits per heavy atom. The minimum absolute atomic E-state index is 0.265. The maximum atomic E-state index is 5.76. The molecule has 2 heterocycles. The molecule has 2 fully saturated rings. The summed E-state index contributed by atoms with van der Waals surface area (Å²) in [6.07, 6.45) is 7.74. The van der Waals surface area contributed by atoms with Gasteiger partial charge in [0.25, 0.3) is 0 Å². The van der Waals surface area contributed by atoms with Gasteiger partial charge in [0.15, 0.2) is 5.96 Å². The number of guanidine groups is 1. The first-order valence-electron chi connectivity index (χ1n) is 9.52. The molecule has 0 amide bonds. The lowest BCUT2D eigenvalue weighted by molar-refractivity contribution is 0.113. The van der Waals surface area contributed by atoms with E-state index in [9.17, 15) is 0 Å². The number of aliphatic imine (C=N–C) groups is 1. The van der Waals surface area contributed by atoms with Gasteiger partial charge in [-0.15, -0.1) is 0 Å². The highest BCUT2D eigenvalue weighted by molar-refractivity contribution is 5.79. The summed E-state index contributed by atoms with van der Waals surface area (Å²) >= 11 is 0. The summed E-state index contributed by atoms with van der Waals surface area (Å²) in [5.41, 5.74) is 0. The van der Waals surface area contributed by atoms with Crippen molar-refractivity contribution >= 4 is 5.96 Å². The molecule has 6 nitrogen and oxygen atoms in total. The van der Waals surface area contributed by atoms with E-state index in [-0.39, 0.29) is 6.10 Å². The molecule has 140 valence electrons. The van der Waals surface area contributed by atoms with E-state index in [1.807, 2.05) is 12.1 Å². The predicted octanol–water partition coefficient (Wildman–Crippen LogP) is 2.31. The monoisotopic (exact) mass is 349 g/mol. The zero-order chi connectivity index (χ0) is 17.3. The van der Waals surface area contributed by atoms with Crippen LogP contribution in [0.4, 0.5) is 0 Å². The fraction of sp³-hybridized carbons (Fsp3) is 0.737. The van der Waals surface area contributed by atoms with Crippen molar-refractivity contribution in [1.82, 2.24) is 10.2 Å². The normalized spacial score (nSPS) is 20.8. The molecule has 2 aliphatic rings. The molecule has 3 rings (SSSR count). The van der Waals surface area contributed by atoms with Crippen LogP contribution >= 0.6 is 0 Å². The van der Waals surface area contributed by atoms with Gasteiger partial charge in [0.1, 0.15) is 5.76 Å². The average Bonchev–Trinajstić information content (AvgIpc) is 3.08. The van der Waals surface area contributed by atoms with Crippen molar-refractivity contribution < 1.29 is 13.9 Å². The summed E-state index contributed by atoms with van der Waals surface area (Å²) in [5.74, 6) is 2.71. The molecule has 6 heteroatoms. The maximum Gasteiger partial charge on any atom is 0.193 e. The minimum atomic E-state index is 0.265. The van der Waals surface area contributed by atoms with E-state index in [1.165, 1.54) is 12.8 Å².